The Bertz CT molecular complexity index is 220. The van der Waals surface area contributed by atoms with Gasteiger partial charge in [-0.2, -0.15) is 0 Å². The van der Waals surface area contributed by atoms with E-state index in [0.717, 1.165) is 5.56 Å². The van der Waals surface area contributed by atoms with Gasteiger partial charge in [-0.15, -0.1) is 6.58 Å². The van der Waals surface area contributed by atoms with Gasteiger partial charge in [0.1, 0.15) is 0 Å². The zero-order valence-corrected chi connectivity index (χ0v) is 6.20. The van der Waals surface area contributed by atoms with Crippen LogP contribution < -0.4 is 11.3 Å². The molecule has 1 aromatic heterocycles. The van der Waals surface area contributed by atoms with Gasteiger partial charge in [0.05, 0.1) is 6.04 Å². The lowest BCUT2D eigenvalue weighted by Crippen LogP contribution is -2.26. The van der Waals surface area contributed by atoms with Crippen molar-refractivity contribution >= 4 is 0 Å². The molecule has 0 aliphatic carbocycles. The molecule has 0 saturated carbocycles. The minimum Gasteiger partial charge on any atom is -0.271 e. The molecule has 3 N–H and O–H groups in total. The first-order valence-corrected chi connectivity index (χ1v) is 3.37. The Kier molecular flexibility index (Phi) is 2.77. The fourth-order valence-corrected chi connectivity index (χ4v) is 0.871. The number of aromatic nitrogens is 1. The van der Waals surface area contributed by atoms with Gasteiger partial charge in [-0.25, -0.2) is 5.43 Å². The number of hydrogen-bond acceptors (Lipinski definition) is 3. The van der Waals surface area contributed by atoms with Crippen LogP contribution in [-0.4, -0.2) is 4.98 Å². The Hall–Kier alpha value is -1.19. The van der Waals surface area contributed by atoms with E-state index in [1.54, 1.807) is 18.5 Å². The van der Waals surface area contributed by atoms with E-state index in [2.05, 4.69) is 17.0 Å². The van der Waals surface area contributed by atoms with Gasteiger partial charge >= 0.3 is 0 Å². The predicted octanol–water partition coefficient (Wildman–Crippen LogP) is 0.772. The Morgan fingerprint density at radius 2 is 2.18 bits per heavy atom. The summed E-state index contributed by atoms with van der Waals surface area (Å²) in [5.74, 6) is 5.27. The monoisotopic (exact) mass is 149 g/mol. The maximum atomic E-state index is 5.27. The Morgan fingerprint density at radius 3 is 2.64 bits per heavy atom. The lowest BCUT2D eigenvalue weighted by Gasteiger charge is -2.09. The summed E-state index contributed by atoms with van der Waals surface area (Å²) in [6.45, 7) is 3.65. The first-order chi connectivity index (χ1) is 5.38. The Labute approximate surface area is 65.9 Å². The highest BCUT2D eigenvalue weighted by molar-refractivity contribution is 5.18. The molecule has 0 aromatic carbocycles. The van der Waals surface area contributed by atoms with E-state index in [0.29, 0.717) is 0 Å². The van der Waals surface area contributed by atoms with Crippen LogP contribution in [0.1, 0.15) is 11.6 Å². The number of hydrogen-bond donors (Lipinski definition) is 2. The van der Waals surface area contributed by atoms with Crippen molar-refractivity contribution in [3.8, 4) is 0 Å². The summed E-state index contributed by atoms with van der Waals surface area (Å²) < 4.78 is 0. The van der Waals surface area contributed by atoms with Crippen LogP contribution >= 0.6 is 0 Å². The fourth-order valence-electron chi connectivity index (χ4n) is 0.871. The minimum atomic E-state index is 0.0120. The highest BCUT2D eigenvalue weighted by atomic mass is 15.2. The fraction of sp³-hybridized carbons (Fsp3) is 0.125. The molecule has 1 atom stereocenters. The van der Waals surface area contributed by atoms with E-state index in [1.807, 2.05) is 12.1 Å². The third-order valence-corrected chi connectivity index (χ3v) is 1.48. The number of rotatable bonds is 3. The van der Waals surface area contributed by atoms with Gasteiger partial charge < -0.3 is 0 Å². The van der Waals surface area contributed by atoms with Crippen molar-refractivity contribution in [3.05, 3.63) is 42.7 Å². The molecule has 0 fully saturated rings. The SMILES string of the molecule is C=CC(NN)c1ccncc1. The molecule has 0 radical (unpaired) electrons. The van der Waals surface area contributed by atoms with Crippen LogP contribution in [0.3, 0.4) is 0 Å². The molecular formula is C8H11N3. The van der Waals surface area contributed by atoms with Crippen molar-refractivity contribution in [2.75, 3.05) is 0 Å². The summed E-state index contributed by atoms with van der Waals surface area (Å²) in [7, 11) is 0. The van der Waals surface area contributed by atoms with Gasteiger partial charge in [-0.05, 0) is 17.7 Å². The van der Waals surface area contributed by atoms with Crippen LogP contribution in [0.2, 0.25) is 0 Å². The maximum absolute atomic E-state index is 5.27. The molecule has 11 heavy (non-hydrogen) atoms. The van der Waals surface area contributed by atoms with Crippen molar-refractivity contribution < 1.29 is 0 Å². The van der Waals surface area contributed by atoms with Crippen LogP contribution in [0.25, 0.3) is 0 Å². The molecule has 1 heterocycles. The second-order valence-electron chi connectivity index (χ2n) is 2.16. The molecule has 1 rings (SSSR count). The first kappa shape index (κ1) is 7.91. The summed E-state index contributed by atoms with van der Waals surface area (Å²) in [5, 5.41) is 0. The topological polar surface area (TPSA) is 50.9 Å². The van der Waals surface area contributed by atoms with Crippen LogP contribution in [0, 0.1) is 0 Å². The highest BCUT2D eigenvalue weighted by Crippen LogP contribution is 2.09. The molecule has 0 spiro atoms. The third-order valence-electron chi connectivity index (χ3n) is 1.48. The number of nitrogens with one attached hydrogen (secondary N) is 1. The molecule has 0 amide bonds. The van der Waals surface area contributed by atoms with Crippen molar-refractivity contribution in [1.82, 2.24) is 10.4 Å². The largest absolute Gasteiger partial charge is 0.271 e. The van der Waals surface area contributed by atoms with Crippen LogP contribution in [0.5, 0.6) is 0 Å². The molecule has 0 bridgehead atoms. The summed E-state index contributed by atoms with van der Waals surface area (Å²) in [6.07, 6.45) is 5.20. The van der Waals surface area contributed by atoms with Gasteiger partial charge in [0.25, 0.3) is 0 Å². The summed E-state index contributed by atoms with van der Waals surface area (Å²) in [6, 6.07) is 3.80. The molecule has 58 valence electrons. The number of nitrogens with two attached hydrogens (primary N) is 1. The number of hydrazine groups is 1. The van der Waals surface area contributed by atoms with Crippen molar-refractivity contribution in [3.63, 3.8) is 0 Å². The predicted molar refractivity (Wildman–Crippen MR) is 44.5 cm³/mol. The second-order valence-corrected chi connectivity index (χ2v) is 2.16. The van der Waals surface area contributed by atoms with Crippen molar-refractivity contribution in [2.45, 2.75) is 6.04 Å². The smallest absolute Gasteiger partial charge is 0.0639 e. The second kappa shape index (κ2) is 3.85. The normalized spacial score (nSPS) is 12.5. The molecule has 3 nitrogen and oxygen atoms in total. The van der Waals surface area contributed by atoms with Gasteiger partial charge in [0.2, 0.25) is 0 Å². The number of nitrogens with zero attached hydrogens (tertiary/aromatic N) is 1. The first-order valence-electron chi connectivity index (χ1n) is 3.37. The lowest BCUT2D eigenvalue weighted by molar-refractivity contribution is 0.656. The number of pyridine rings is 1. The average molecular weight is 149 g/mol. The maximum Gasteiger partial charge on any atom is 0.0639 e. The summed E-state index contributed by atoms with van der Waals surface area (Å²) in [5.41, 5.74) is 3.69. The minimum absolute atomic E-state index is 0.0120. The zero-order chi connectivity index (χ0) is 8.10. The van der Waals surface area contributed by atoms with E-state index >= 15 is 0 Å². The summed E-state index contributed by atoms with van der Waals surface area (Å²) >= 11 is 0. The van der Waals surface area contributed by atoms with Crippen LogP contribution in [-0.2, 0) is 0 Å². The molecule has 1 unspecified atom stereocenters. The standard InChI is InChI=1S/C8H11N3/c1-2-8(11-9)7-3-5-10-6-4-7/h2-6,8,11H,1,9H2. The highest BCUT2D eigenvalue weighted by Gasteiger charge is 2.01. The molecule has 0 aliphatic heterocycles. The molecular weight excluding hydrogens is 138 g/mol. The van der Waals surface area contributed by atoms with Gasteiger partial charge in [-0.1, -0.05) is 6.08 Å². The van der Waals surface area contributed by atoms with Crippen molar-refractivity contribution in [1.29, 1.82) is 0 Å². The quantitative estimate of drug-likeness (QED) is 0.379. The van der Waals surface area contributed by atoms with E-state index in [1.165, 1.54) is 0 Å². The van der Waals surface area contributed by atoms with Crippen molar-refractivity contribution in [2.24, 2.45) is 5.84 Å². The van der Waals surface area contributed by atoms with E-state index < -0.39 is 0 Å². The average Bonchev–Trinajstić information content (AvgIpc) is 2.09. The zero-order valence-electron chi connectivity index (χ0n) is 6.20. The van der Waals surface area contributed by atoms with Gasteiger partial charge in [0, 0.05) is 12.4 Å². The summed E-state index contributed by atoms with van der Waals surface area (Å²) in [4.78, 5) is 3.89. The molecule has 3 heteroatoms. The van der Waals surface area contributed by atoms with Gasteiger partial charge in [-0.3, -0.25) is 10.8 Å². The molecule has 0 aliphatic rings. The third kappa shape index (κ3) is 1.86. The Balaban J connectivity index is 2.82. The van der Waals surface area contributed by atoms with E-state index in [-0.39, 0.29) is 6.04 Å². The van der Waals surface area contributed by atoms with E-state index in [9.17, 15) is 0 Å². The van der Waals surface area contributed by atoms with E-state index in [4.69, 9.17) is 5.84 Å². The molecule has 0 saturated heterocycles. The molecule has 1 aromatic rings. The van der Waals surface area contributed by atoms with Crippen LogP contribution in [0.4, 0.5) is 0 Å². The van der Waals surface area contributed by atoms with Gasteiger partial charge in [0.15, 0.2) is 0 Å². The van der Waals surface area contributed by atoms with Crippen LogP contribution in [0.15, 0.2) is 37.2 Å². The lowest BCUT2D eigenvalue weighted by atomic mass is 10.1. The Morgan fingerprint density at radius 1 is 1.55 bits per heavy atom.